The number of nitrogens with one attached hydrogen (secondary N) is 1. The first-order valence-electron chi connectivity index (χ1n) is 10.3. The number of rotatable bonds is 6. The third-order valence-electron chi connectivity index (χ3n) is 5.37. The average Bonchev–Trinajstić information content (AvgIpc) is 3.16. The zero-order valence-electron chi connectivity index (χ0n) is 17.7. The molecule has 5 heteroatoms. The minimum absolute atomic E-state index is 0.0630. The van der Waals surface area contributed by atoms with Crippen molar-refractivity contribution in [2.75, 3.05) is 13.2 Å². The molecule has 2 aromatic rings. The second-order valence-electron chi connectivity index (χ2n) is 8.06. The molecule has 0 spiro atoms. The van der Waals surface area contributed by atoms with E-state index in [0.29, 0.717) is 17.9 Å². The van der Waals surface area contributed by atoms with Gasteiger partial charge in [0.2, 0.25) is 0 Å². The molecule has 1 heterocycles. The maximum Gasteiger partial charge on any atom is 0.254 e. The average molecular weight is 395 g/mol. The summed E-state index contributed by atoms with van der Waals surface area (Å²) in [6.07, 6.45) is 1.92. The van der Waals surface area contributed by atoms with Crippen LogP contribution < -0.4 is 10.1 Å². The van der Waals surface area contributed by atoms with Gasteiger partial charge in [-0.25, -0.2) is 0 Å². The fourth-order valence-corrected chi connectivity index (χ4v) is 3.56. The Hall–Kier alpha value is -2.82. The molecule has 1 saturated heterocycles. The van der Waals surface area contributed by atoms with Crippen LogP contribution in [0.3, 0.4) is 0 Å². The van der Waals surface area contributed by atoms with Crippen LogP contribution in [-0.2, 0) is 0 Å². The van der Waals surface area contributed by atoms with E-state index in [1.165, 1.54) is 5.56 Å². The van der Waals surface area contributed by atoms with Gasteiger partial charge in [0.1, 0.15) is 12.4 Å². The van der Waals surface area contributed by atoms with Crippen LogP contribution in [0.4, 0.5) is 0 Å². The number of aryl methyl sites for hydroxylation is 2. The van der Waals surface area contributed by atoms with E-state index in [4.69, 9.17) is 4.74 Å². The summed E-state index contributed by atoms with van der Waals surface area (Å²) in [5.74, 6) is 0.684. The number of benzene rings is 2. The summed E-state index contributed by atoms with van der Waals surface area (Å²) in [5, 5.41) is 2.87. The number of carbonyl (C=O) groups is 2. The highest BCUT2D eigenvalue weighted by molar-refractivity contribution is 5.95. The summed E-state index contributed by atoms with van der Waals surface area (Å²) in [6.45, 7) is 9.15. The van der Waals surface area contributed by atoms with Crippen molar-refractivity contribution < 1.29 is 14.3 Å². The molecule has 0 saturated carbocycles. The molecule has 29 heavy (non-hydrogen) atoms. The lowest BCUT2D eigenvalue weighted by Gasteiger charge is -2.25. The Bertz CT molecular complexity index is 874. The van der Waals surface area contributed by atoms with Crippen molar-refractivity contribution >= 4 is 11.8 Å². The molecule has 2 aromatic carbocycles. The molecule has 0 bridgehead atoms. The van der Waals surface area contributed by atoms with E-state index in [1.807, 2.05) is 50.8 Å². The maximum absolute atomic E-state index is 13.0. The Morgan fingerprint density at radius 3 is 2.41 bits per heavy atom. The van der Waals surface area contributed by atoms with E-state index in [0.717, 1.165) is 30.5 Å². The molecular formula is C24H30N2O3. The van der Waals surface area contributed by atoms with Gasteiger partial charge < -0.3 is 15.0 Å². The van der Waals surface area contributed by atoms with Crippen molar-refractivity contribution in [3.05, 3.63) is 64.7 Å². The van der Waals surface area contributed by atoms with E-state index in [1.54, 1.807) is 24.3 Å². The predicted molar refractivity (Wildman–Crippen MR) is 115 cm³/mol. The number of hydrogen-bond donors (Lipinski definition) is 1. The molecule has 1 N–H and O–H groups in total. The SMILES string of the molecule is Cc1ccc(C(=O)N2CCC[C@H]2COc2ccc(C(=O)NC(C)C)cc2)cc1C. The van der Waals surface area contributed by atoms with Crippen molar-refractivity contribution in [3.63, 3.8) is 0 Å². The van der Waals surface area contributed by atoms with Crippen molar-refractivity contribution in [3.8, 4) is 5.75 Å². The fourth-order valence-electron chi connectivity index (χ4n) is 3.56. The molecule has 1 aliphatic rings. The van der Waals surface area contributed by atoms with Gasteiger partial charge in [-0.05, 0) is 88.1 Å². The molecule has 1 atom stereocenters. The molecule has 1 fully saturated rings. The van der Waals surface area contributed by atoms with E-state index in [2.05, 4.69) is 5.32 Å². The first kappa shape index (κ1) is 20.9. The molecule has 0 unspecified atom stereocenters. The number of likely N-dealkylation sites (tertiary alicyclic amines) is 1. The zero-order valence-corrected chi connectivity index (χ0v) is 17.7. The highest BCUT2D eigenvalue weighted by atomic mass is 16.5. The summed E-state index contributed by atoms with van der Waals surface area (Å²) in [4.78, 5) is 26.9. The normalized spacial score (nSPS) is 16.2. The Kier molecular flexibility index (Phi) is 6.57. The minimum atomic E-state index is -0.0903. The second-order valence-corrected chi connectivity index (χ2v) is 8.06. The van der Waals surface area contributed by atoms with Gasteiger partial charge in [-0.2, -0.15) is 0 Å². The summed E-state index contributed by atoms with van der Waals surface area (Å²) in [5.41, 5.74) is 3.66. The Morgan fingerprint density at radius 2 is 1.76 bits per heavy atom. The van der Waals surface area contributed by atoms with Gasteiger partial charge in [0, 0.05) is 23.7 Å². The van der Waals surface area contributed by atoms with Gasteiger partial charge in [-0.15, -0.1) is 0 Å². The molecule has 1 aliphatic heterocycles. The van der Waals surface area contributed by atoms with Crippen molar-refractivity contribution in [1.82, 2.24) is 10.2 Å². The molecule has 154 valence electrons. The van der Waals surface area contributed by atoms with Gasteiger partial charge in [-0.3, -0.25) is 9.59 Å². The molecule has 5 nitrogen and oxygen atoms in total. The van der Waals surface area contributed by atoms with E-state index in [-0.39, 0.29) is 23.9 Å². The van der Waals surface area contributed by atoms with Crippen LogP contribution in [0.15, 0.2) is 42.5 Å². The number of amides is 2. The van der Waals surface area contributed by atoms with Crippen molar-refractivity contribution in [2.24, 2.45) is 0 Å². The molecule has 0 aliphatic carbocycles. The molecule has 0 radical (unpaired) electrons. The van der Waals surface area contributed by atoms with Crippen LogP contribution in [0, 0.1) is 13.8 Å². The second kappa shape index (κ2) is 9.12. The Morgan fingerprint density at radius 1 is 1.07 bits per heavy atom. The Balaban J connectivity index is 1.60. The van der Waals surface area contributed by atoms with Crippen LogP contribution in [-0.4, -0.2) is 41.9 Å². The highest BCUT2D eigenvalue weighted by Gasteiger charge is 2.30. The molecular weight excluding hydrogens is 364 g/mol. The maximum atomic E-state index is 13.0. The lowest BCUT2D eigenvalue weighted by Crippen LogP contribution is -2.39. The van der Waals surface area contributed by atoms with Gasteiger partial charge in [0.05, 0.1) is 6.04 Å². The summed E-state index contributed by atoms with van der Waals surface area (Å²) < 4.78 is 5.94. The van der Waals surface area contributed by atoms with Gasteiger partial charge in [0.15, 0.2) is 0 Å². The van der Waals surface area contributed by atoms with Crippen LogP contribution in [0.2, 0.25) is 0 Å². The lowest BCUT2D eigenvalue weighted by molar-refractivity contribution is 0.0691. The molecule has 3 rings (SSSR count). The van der Waals surface area contributed by atoms with Crippen LogP contribution >= 0.6 is 0 Å². The summed E-state index contributed by atoms with van der Waals surface area (Å²) in [6, 6.07) is 13.2. The fraction of sp³-hybridized carbons (Fsp3) is 0.417. The van der Waals surface area contributed by atoms with Gasteiger partial charge in [-0.1, -0.05) is 6.07 Å². The van der Waals surface area contributed by atoms with Crippen LogP contribution in [0.5, 0.6) is 5.75 Å². The van der Waals surface area contributed by atoms with Gasteiger partial charge in [0.25, 0.3) is 11.8 Å². The number of ether oxygens (including phenoxy) is 1. The topological polar surface area (TPSA) is 58.6 Å². The summed E-state index contributed by atoms with van der Waals surface area (Å²) in [7, 11) is 0. The highest BCUT2D eigenvalue weighted by Crippen LogP contribution is 2.23. The quantitative estimate of drug-likeness (QED) is 0.802. The Labute approximate surface area is 173 Å². The number of nitrogens with zero attached hydrogens (tertiary/aromatic N) is 1. The minimum Gasteiger partial charge on any atom is -0.491 e. The lowest BCUT2D eigenvalue weighted by atomic mass is 10.1. The third-order valence-corrected chi connectivity index (χ3v) is 5.37. The van der Waals surface area contributed by atoms with Crippen LogP contribution in [0.1, 0.15) is 58.5 Å². The van der Waals surface area contributed by atoms with Crippen molar-refractivity contribution in [2.45, 2.75) is 52.6 Å². The molecule has 2 amide bonds. The van der Waals surface area contributed by atoms with E-state index >= 15 is 0 Å². The first-order valence-corrected chi connectivity index (χ1v) is 10.3. The van der Waals surface area contributed by atoms with E-state index < -0.39 is 0 Å². The number of hydrogen-bond acceptors (Lipinski definition) is 3. The van der Waals surface area contributed by atoms with Gasteiger partial charge >= 0.3 is 0 Å². The monoisotopic (exact) mass is 394 g/mol. The number of carbonyl (C=O) groups excluding carboxylic acids is 2. The molecule has 0 aromatic heterocycles. The standard InChI is InChI=1S/C24H30N2O3/c1-16(2)25-23(27)19-9-11-22(12-10-19)29-15-21-6-5-13-26(21)24(28)20-8-7-17(3)18(4)14-20/h7-12,14,16,21H,5-6,13,15H2,1-4H3,(H,25,27)/t21-/m0/s1. The smallest absolute Gasteiger partial charge is 0.254 e. The summed E-state index contributed by atoms with van der Waals surface area (Å²) >= 11 is 0. The van der Waals surface area contributed by atoms with Crippen molar-refractivity contribution in [1.29, 1.82) is 0 Å². The first-order chi connectivity index (χ1) is 13.8. The largest absolute Gasteiger partial charge is 0.491 e. The van der Waals surface area contributed by atoms with E-state index in [9.17, 15) is 9.59 Å². The predicted octanol–water partition coefficient (Wildman–Crippen LogP) is 4.13. The van der Waals surface area contributed by atoms with Crippen LogP contribution in [0.25, 0.3) is 0 Å². The zero-order chi connectivity index (χ0) is 21.0. The third kappa shape index (κ3) is 5.17.